The third-order valence-electron chi connectivity index (χ3n) is 5.24. The van der Waals surface area contributed by atoms with Crippen molar-refractivity contribution < 1.29 is 19.2 Å². The van der Waals surface area contributed by atoms with Gasteiger partial charge in [0.25, 0.3) is 5.69 Å². The van der Waals surface area contributed by atoms with Gasteiger partial charge in [-0.1, -0.05) is 19.1 Å². The van der Waals surface area contributed by atoms with Crippen LogP contribution in [0.15, 0.2) is 42.5 Å². The molecule has 1 aliphatic rings. The van der Waals surface area contributed by atoms with Crippen LogP contribution in [0.25, 0.3) is 0 Å². The van der Waals surface area contributed by atoms with Gasteiger partial charge in [0.2, 0.25) is 5.91 Å². The molecule has 0 spiro atoms. The lowest BCUT2D eigenvalue weighted by molar-refractivity contribution is -0.384. The Kier molecular flexibility index (Phi) is 6.65. The van der Waals surface area contributed by atoms with E-state index in [2.05, 4.69) is 11.4 Å². The third kappa shape index (κ3) is 4.42. The fourth-order valence-electron chi connectivity index (χ4n) is 3.55. The number of nitro benzene ring substituents is 1. The maximum absolute atomic E-state index is 13.4. The molecule has 156 valence electrons. The van der Waals surface area contributed by atoms with Crippen molar-refractivity contribution in [3.05, 3.63) is 63.7 Å². The lowest BCUT2D eigenvalue weighted by Gasteiger charge is -2.36. The van der Waals surface area contributed by atoms with E-state index in [4.69, 9.17) is 9.47 Å². The fourth-order valence-corrected chi connectivity index (χ4v) is 3.55. The Morgan fingerprint density at radius 3 is 2.57 bits per heavy atom. The Balaban J connectivity index is 1.89. The van der Waals surface area contributed by atoms with Crippen molar-refractivity contribution >= 4 is 17.3 Å². The fraction of sp³-hybridized carbons (Fsp3) is 0.364. The van der Waals surface area contributed by atoms with Crippen molar-refractivity contribution in [1.29, 1.82) is 5.26 Å². The molecule has 8 nitrogen and oxygen atoms in total. The Bertz CT molecular complexity index is 960. The van der Waals surface area contributed by atoms with Gasteiger partial charge in [-0.3, -0.25) is 14.9 Å². The van der Waals surface area contributed by atoms with E-state index in [-0.39, 0.29) is 11.6 Å². The molecule has 8 heteroatoms. The van der Waals surface area contributed by atoms with E-state index in [0.29, 0.717) is 55.2 Å². The highest BCUT2D eigenvalue weighted by atomic mass is 16.6. The topological polar surface area (TPSA) is 114 Å². The molecule has 1 fully saturated rings. The van der Waals surface area contributed by atoms with Crippen LogP contribution in [0.3, 0.4) is 0 Å². The summed E-state index contributed by atoms with van der Waals surface area (Å²) in [7, 11) is 0. The first-order valence-electron chi connectivity index (χ1n) is 9.81. The van der Waals surface area contributed by atoms with E-state index >= 15 is 0 Å². The number of rotatable bonds is 7. The number of hydrogen-bond acceptors (Lipinski definition) is 6. The number of carbonyl (C=O) groups is 1. The number of nitrogens with one attached hydrogen (secondary N) is 1. The van der Waals surface area contributed by atoms with Gasteiger partial charge in [0.1, 0.15) is 11.8 Å². The molecule has 1 amide bonds. The summed E-state index contributed by atoms with van der Waals surface area (Å²) < 4.78 is 11.0. The summed E-state index contributed by atoms with van der Waals surface area (Å²) in [6, 6.07) is 13.1. The van der Waals surface area contributed by atoms with Crippen molar-refractivity contribution in [2.24, 2.45) is 0 Å². The number of benzene rings is 2. The molecule has 0 saturated carbocycles. The molecule has 30 heavy (non-hydrogen) atoms. The highest BCUT2D eigenvalue weighted by molar-refractivity contribution is 6.00. The van der Waals surface area contributed by atoms with E-state index < -0.39 is 10.3 Å². The maximum atomic E-state index is 13.4. The molecule has 0 bridgehead atoms. The van der Waals surface area contributed by atoms with Gasteiger partial charge in [-0.25, -0.2) is 0 Å². The Morgan fingerprint density at radius 1 is 1.27 bits per heavy atom. The van der Waals surface area contributed by atoms with Crippen LogP contribution in [0.5, 0.6) is 5.75 Å². The Morgan fingerprint density at radius 2 is 1.97 bits per heavy atom. The second-order valence-corrected chi connectivity index (χ2v) is 7.12. The van der Waals surface area contributed by atoms with E-state index in [1.165, 1.54) is 12.1 Å². The molecule has 1 N–H and O–H groups in total. The molecule has 1 heterocycles. The highest BCUT2D eigenvalue weighted by Crippen LogP contribution is 2.37. The number of hydrogen-bond donors (Lipinski definition) is 1. The summed E-state index contributed by atoms with van der Waals surface area (Å²) >= 11 is 0. The molecule has 2 aromatic rings. The molecular formula is C22H23N3O5. The molecule has 0 radical (unpaired) electrons. The number of carbonyl (C=O) groups excluding carboxylic acids is 1. The van der Waals surface area contributed by atoms with Gasteiger partial charge < -0.3 is 14.8 Å². The van der Waals surface area contributed by atoms with E-state index in [1.807, 2.05) is 6.92 Å². The number of nitriles is 1. The number of nitro groups is 1. The molecule has 0 aromatic heterocycles. The van der Waals surface area contributed by atoms with Crippen molar-refractivity contribution in [3.63, 3.8) is 0 Å². The lowest BCUT2D eigenvalue weighted by Crippen LogP contribution is -2.45. The molecule has 3 rings (SSSR count). The second kappa shape index (κ2) is 9.37. The van der Waals surface area contributed by atoms with Crippen LogP contribution in [0, 0.1) is 21.4 Å². The second-order valence-electron chi connectivity index (χ2n) is 7.12. The van der Waals surface area contributed by atoms with Gasteiger partial charge in [-0.05, 0) is 43.0 Å². The zero-order valence-corrected chi connectivity index (χ0v) is 16.7. The third-order valence-corrected chi connectivity index (χ3v) is 5.24. The van der Waals surface area contributed by atoms with Crippen molar-refractivity contribution in [2.75, 3.05) is 25.1 Å². The first-order chi connectivity index (χ1) is 14.5. The van der Waals surface area contributed by atoms with Crippen LogP contribution < -0.4 is 10.1 Å². The largest absolute Gasteiger partial charge is 0.494 e. The molecule has 0 aliphatic carbocycles. The van der Waals surface area contributed by atoms with Gasteiger partial charge in [0, 0.05) is 25.3 Å². The number of ether oxygens (including phenoxy) is 2. The minimum Gasteiger partial charge on any atom is -0.494 e. The van der Waals surface area contributed by atoms with Crippen molar-refractivity contribution in [2.45, 2.75) is 31.6 Å². The average Bonchev–Trinajstić information content (AvgIpc) is 2.78. The Hall–Kier alpha value is -3.44. The average molecular weight is 409 g/mol. The van der Waals surface area contributed by atoms with Crippen LogP contribution in [0.2, 0.25) is 0 Å². The van der Waals surface area contributed by atoms with E-state index in [1.54, 1.807) is 30.3 Å². The number of non-ortho nitro benzene ring substituents is 1. The van der Waals surface area contributed by atoms with E-state index in [0.717, 1.165) is 6.42 Å². The van der Waals surface area contributed by atoms with Crippen molar-refractivity contribution in [1.82, 2.24) is 0 Å². The molecule has 1 aliphatic heterocycles. The van der Waals surface area contributed by atoms with Gasteiger partial charge >= 0.3 is 0 Å². The summed E-state index contributed by atoms with van der Waals surface area (Å²) in [4.78, 5) is 23.9. The summed E-state index contributed by atoms with van der Waals surface area (Å²) in [5.41, 5.74) is 0.477. The lowest BCUT2D eigenvalue weighted by atomic mass is 9.73. The summed E-state index contributed by atoms with van der Waals surface area (Å²) in [5.74, 6) is 0.306. The zero-order chi connectivity index (χ0) is 21.6. The number of nitrogens with zero attached hydrogens (tertiary/aromatic N) is 2. The summed E-state index contributed by atoms with van der Waals surface area (Å²) in [5, 5.41) is 23.4. The summed E-state index contributed by atoms with van der Waals surface area (Å²) in [6.45, 7) is 3.34. The number of amides is 1. The Labute approximate surface area is 174 Å². The van der Waals surface area contributed by atoms with Crippen molar-refractivity contribution in [3.8, 4) is 11.8 Å². The standard InChI is InChI=1S/C22H23N3O5/c1-2-11-30-19-7-8-20(16(14-19)15-23)24-21(26)22(9-12-29-13-10-22)17-3-5-18(6-4-17)25(27)28/h3-8,14H,2,9-13H2,1H3,(H,24,26). The highest BCUT2D eigenvalue weighted by Gasteiger charge is 2.42. The zero-order valence-electron chi connectivity index (χ0n) is 16.7. The molecular weight excluding hydrogens is 386 g/mol. The smallest absolute Gasteiger partial charge is 0.269 e. The van der Waals surface area contributed by atoms with Gasteiger partial charge in [0.15, 0.2) is 0 Å². The first kappa shape index (κ1) is 21.3. The minimum absolute atomic E-state index is 0.0317. The first-order valence-corrected chi connectivity index (χ1v) is 9.81. The normalized spacial score (nSPS) is 15.1. The van der Waals surface area contributed by atoms with Gasteiger partial charge in [-0.15, -0.1) is 0 Å². The van der Waals surface area contributed by atoms with Crippen LogP contribution in [0.4, 0.5) is 11.4 Å². The SMILES string of the molecule is CCCOc1ccc(NC(=O)C2(c3ccc([N+](=O)[O-])cc3)CCOCC2)c(C#N)c1. The monoisotopic (exact) mass is 409 g/mol. The predicted octanol–water partition coefficient (Wildman–Crippen LogP) is 3.94. The molecule has 0 atom stereocenters. The maximum Gasteiger partial charge on any atom is 0.269 e. The summed E-state index contributed by atoms with van der Waals surface area (Å²) in [6.07, 6.45) is 1.73. The van der Waals surface area contributed by atoms with Crippen LogP contribution in [-0.4, -0.2) is 30.7 Å². The van der Waals surface area contributed by atoms with E-state index in [9.17, 15) is 20.2 Å². The minimum atomic E-state index is -0.891. The molecule has 0 unspecified atom stereocenters. The van der Waals surface area contributed by atoms with Crippen LogP contribution in [0.1, 0.15) is 37.3 Å². The van der Waals surface area contributed by atoms with Crippen LogP contribution in [-0.2, 0) is 14.9 Å². The predicted molar refractivity (Wildman–Crippen MR) is 110 cm³/mol. The van der Waals surface area contributed by atoms with Gasteiger partial charge in [-0.2, -0.15) is 5.26 Å². The molecule has 2 aromatic carbocycles. The van der Waals surface area contributed by atoms with Crippen LogP contribution >= 0.6 is 0 Å². The van der Waals surface area contributed by atoms with Gasteiger partial charge in [0.05, 0.1) is 28.2 Å². The number of anilines is 1. The molecule has 1 saturated heterocycles. The quantitative estimate of drug-likeness (QED) is 0.547.